The summed E-state index contributed by atoms with van der Waals surface area (Å²) in [5, 5.41) is 3.24. The van der Waals surface area contributed by atoms with Gasteiger partial charge in [0.05, 0.1) is 18.6 Å². The first-order valence-electron chi connectivity index (χ1n) is 6.86. The van der Waals surface area contributed by atoms with Crippen molar-refractivity contribution < 1.29 is 13.2 Å². The molecule has 1 aliphatic rings. The fourth-order valence-corrected chi connectivity index (χ4v) is 4.00. The van der Waals surface area contributed by atoms with Crippen molar-refractivity contribution in [2.75, 3.05) is 30.7 Å². The average molecular weight is 298 g/mol. The van der Waals surface area contributed by atoms with Crippen molar-refractivity contribution in [1.82, 2.24) is 5.32 Å². The molecule has 0 aliphatic carbocycles. The molecule has 0 spiro atoms. The predicted octanol–water partition coefficient (Wildman–Crippen LogP) is 1.74. The van der Waals surface area contributed by atoms with Gasteiger partial charge in [-0.15, -0.1) is 0 Å². The summed E-state index contributed by atoms with van der Waals surface area (Å²) in [5.41, 5.74) is 1.51. The Morgan fingerprint density at radius 1 is 1.35 bits per heavy atom. The number of benzene rings is 1. The zero-order valence-corrected chi connectivity index (χ0v) is 12.8. The number of hydrogen-bond acceptors (Lipinski definition) is 4. The summed E-state index contributed by atoms with van der Waals surface area (Å²) in [7, 11) is -1.80. The summed E-state index contributed by atoms with van der Waals surface area (Å²) in [6.07, 6.45) is 1.82. The number of sulfonamides is 1. The minimum atomic E-state index is -3.34. The molecule has 1 fully saturated rings. The highest BCUT2D eigenvalue weighted by atomic mass is 32.2. The van der Waals surface area contributed by atoms with Crippen LogP contribution in [0.2, 0.25) is 0 Å². The Labute approximate surface area is 120 Å². The fraction of sp³-hybridized carbons (Fsp3) is 0.571. The Balaban J connectivity index is 2.09. The van der Waals surface area contributed by atoms with Crippen LogP contribution >= 0.6 is 0 Å². The highest BCUT2D eigenvalue weighted by Gasteiger charge is 2.22. The zero-order chi connectivity index (χ0) is 14.6. The van der Waals surface area contributed by atoms with E-state index in [0.29, 0.717) is 11.4 Å². The third-order valence-corrected chi connectivity index (χ3v) is 4.98. The van der Waals surface area contributed by atoms with Crippen LogP contribution in [-0.4, -0.2) is 34.4 Å². The molecule has 2 rings (SSSR count). The van der Waals surface area contributed by atoms with Crippen LogP contribution < -0.4 is 14.8 Å². The molecule has 0 atom stereocenters. The summed E-state index contributed by atoms with van der Waals surface area (Å²) in [4.78, 5) is 0. The lowest BCUT2D eigenvalue weighted by atomic mass is 10.0. The van der Waals surface area contributed by atoms with E-state index in [2.05, 4.69) is 10.0 Å². The van der Waals surface area contributed by atoms with Crippen LogP contribution in [0, 0.1) is 12.8 Å². The standard InChI is InChI=1S/C14H22N2O3S/c1-11-3-4-14(19-2)13(9-11)16-20(17,18)10-12-5-7-15-8-6-12/h3-4,9,12,15-16H,5-8,10H2,1-2H3. The highest BCUT2D eigenvalue weighted by molar-refractivity contribution is 7.92. The second kappa shape index (κ2) is 6.45. The molecule has 112 valence electrons. The van der Waals surface area contributed by atoms with Gasteiger partial charge in [0.1, 0.15) is 5.75 Å². The van der Waals surface area contributed by atoms with Gasteiger partial charge in [-0.3, -0.25) is 4.72 Å². The highest BCUT2D eigenvalue weighted by Crippen LogP contribution is 2.27. The topological polar surface area (TPSA) is 67.4 Å². The summed E-state index contributed by atoms with van der Waals surface area (Å²) in [6.45, 7) is 3.71. The van der Waals surface area contributed by atoms with Crippen LogP contribution in [0.5, 0.6) is 5.75 Å². The van der Waals surface area contributed by atoms with Crippen LogP contribution in [0.4, 0.5) is 5.69 Å². The van der Waals surface area contributed by atoms with E-state index < -0.39 is 10.0 Å². The maximum atomic E-state index is 12.3. The van der Waals surface area contributed by atoms with Crippen LogP contribution in [-0.2, 0) is 10.0 Å². The van der Waals surface area contributed by atoms with Crippen molar-refractivity contribution in [1.29, 1.82) is 0 Å². The normalized spacial score (nSPS) is 16.9. The molecule has 0 saturated carbocycles. The SMILES string of the molecule is COc1ccc(C)cc1NS(=O)(=O)CC1CCNCC1. The van der Waals surface area contributed by atoms with Crippen molar-refractivity contribution in [3.8, 4) is 5.75 Å². The lowest BCUT2D eigenvalue weighted by Crippen LogP contribution is -2.33. The van der Waals surface area contributed by atoms with Crippen molar-refractivity contribution >= 4 is 15.7 Å². The second-order valence-corrected chi connectivity index (χ2v) is 7.05. The van der Waals surface area contributed by atoms with E-state index >= 15 is 0 Å². The summed E-state index contributed by atoms with van der Waals surface area (Å²) >= 11 is 0. The molecule has 1 aliphatic heterocycles. The molecule has 0 aromatic heterocycles. The largest absolute Gasteiger partial charge is 0.495 e. The summed E-state index contributed by atoms with van der Waals surface area (Å²) in [5.74, 6) is 0.945. The quantitative estimate of drug-likeness (QED) is 0.869. The van der Waals surface area contributed by atoms with Gasteiger partial charge >= 0.3 is 0 Å². The number of methoxy groups -OCH3 is 1. The van der Waals surface area contributed by atoms with E-state index in [9.17, 15) is 8.42 Å². The predicted molar refractivity (Wildman–Crippen MR) is 80.7 cm³/mol. The molecular formula is C14H22N2O3S. The number of anilines is 1. The average Bonchev–Trinajstić information content (AvgIpc) is 2.39. The number of aryl methyl sites for hydroxylation is 1. The van der Waals surface area contributed by atoms with Gasteiger partial charge in [-0.1, -0.05) is 6.07 Å². The molecule has 1 aromatic carbocycles. The van der Waals surface area contributed by atoms with Crippen molar-refractivity contribution in [3.05, 3.63) is 23.8 Å². The van der Waals surface area contributed by atoms with E-state index in [1.54, 1.807) is 12.1 Å². The van der Waals surface area contributed by atoms with E-state index in [4.69, 9.17) is 4.74 Å². The Hall–Kier alpha value is -1.27. The fourth-order valence-electron chi connectivity index (χ4n) is 2.47. The number of rotatable bonds is 5. The van der Waals surface area contributed by atoms with Gasteiger partial charge in [0.2, 0.25) is 10.0 Å². The second-order valence-electron chi connectivity index (χ2n) is 5.28. The first-order chi connectivity index (χ1) is 9.50. The summed E-state index contributed by atoms with van der Waals surface area (Å²) in [6, 6.07) is 5.46. The van der Waals surface area contributed by atoms with Gasteiger partial charge in [0.15, 0.2) is 0 Å². The van der Waals surface area contributed by atoms with Gasteiger partial charge in [-0.2, -0.15) is 0 Å². The van der Waals surface area contributed by atoms with E-state index in [1.807, 2.05) is 13.0 Å². The van der Waals surface area contributed by atoms with Crippen molar-refractivity contribution in [2.24, 2.45) is 5.92 Å². The van der Waals surface area contributed by atoms with Crippen molar-refractivity contribution in [3.63, 3.8) is 0 Å². The van der Waals surface area contributed by atoms with Gasteiger partial charge in [-0.25, -0.2) is 8.42 Å². The Morgan fingerprint density at radius 2 is 2.05 bits per heavy atom. The Bertz CT molecular complexity index is 552. The zero-order valence-electron chi connectivity index (χ0n) is 12.0. The van der Waals surface area contributed by atoms with Gasteiger partial charge < -0.3 is 10.1 Å². The van der Waals surface area contributed by atoms with Crippen molar-refractivity contribution in [2.45, 2.75) is 19.8 Å². The van der Waals surface area contributed by atoms with E-state index in [1.165, 1.54) is 7.11 Å². The minimum Gasteiger partial charge on any atom is -0.495 e. The maximum Gasteiger partial charge on any atom is 0.233 e. The molecule has 0 bridgehead atoms. The number of piperidine rings is 1. The first kappa shape index (κ1) is 15.1. The molecule has 1 heterocycles. The third-order valence-electron chi connectivity index (χ3n) is 3.53. The lowest BCUT2D eigenvalue weighted by Gasteiger charge is -2.22. The maximum absolute atomic E-state index is 12.3. The van der Waals surface area contributed by atoms with Crippen LogP contribution in [0.15, 0.2) is 18.2 Å². The van der Waals surface area contributed by atoms with Gasteiger partial charge in [0.25, 0.3) is 0 Å². The molecule has 0 unspecified atom stereocenters. The number of ether oxygens (including phenoxy) is 1. The van der Waals surface area contributed by atoms with E-state index in [0.717, 1.165) is 31.5 Å². The number of hydrogen-bond donors (Lipinski definition) is 2. The molecule has 0 amide bonds. The number of nitrogens with one attached hydrogen (secondary N) is 2. The smallest absolute Gasteiger partial charge is 0.233 e. The molecule has 1 saturated heterocycles. The molecule has 2 N–H and O–H groups in total. The van der Waals surface area contributed by atoms with Gasteiger partial charge in [-0.05, 0) is 56.5 Å². The van der Waals surface area contributed by atoms with Gasteiger partial charge in [0, 0.05) is 0 Å². The van der Waals surface area contributed by atoms with Crippen LogP contribution in [0.3, 0.4) is 0 Å². The summed E-state index contributed by atoms with van der Waals surface area (Å²) < 4.78 is 32.4. The Kier molecular flexibility index (Phi) is 4.88. The Morgan fingerprint density at radius 3 is 2.70 bits per heavy atom. The monoisotopic (exact) mass is 298 g/mol. The molecule has 0 radical (unpaired) electrons. The lowest BCUT2D eigenvalue weighted by molar-refractivity contribution is 0.401. The molecule has 20 heavy (non-hydrogen) atoms. The van der Waals surface area contributed by atoms with E-state index in [-0.39, 0.29) is 11.7 Å². The molecule has 5 nitrogen and oxygen atoms in total. The first-order valence-corrected chi connectivity index (χ1v) is 8.51. The van der Waals surface area contributed by atoms with Crippen LogP contribution in [0.1, 0.15) is 18.4 Å². The molecule has 6 heteroatoms. The molecular weight excluding hydrogens is 276 g/mol. The molecule has 1 aromatic rings. The van der Waals surface area contributed by atoms with Crippen LogP contribution in [0.25, 0.3) is 0 Å². The minimum absolute atomic E-state index is 0.172. The third kappa shape index (κ3) is 4.11.